The van der Waals surface area contributed by atoms with E-state index in [0.717, 1.165) is 28.2 Å². The molecular weight excluding hydrogens is 389 g/mol. The van der Waals surface area contributed by atoms with E-state index in [9.17, 15) is 9.18 Å². The molecule has 3 N–H and O–H groups in total. The third-order valence-electron chi connectivity index (χ3n) is 4.48. The summed E-state index contributed by atoms with van der Waals surface area (Å²) in [6.45, 7) is 1.75. The van der Waals surface area contributed by atoms with Gasteiger partial charge >= 0.3 is 0 Å². The summed E-state index contributed by atoms with van der Waals surface area (Å²) in [7, 11) is 0. The van der Waals surface area contributed by atoms with Crippen LogP contribution in [0, 0.1) is 5.82 Å². The number of hydrogen-bond acceptors (Lipinski definition) is 5. The number of fused-ring (bicyclic) bond motifs is 1. The van der Waals surface area contributed by atoms with Crippen LogP contribution in [-0.4, -0.2) is 26.0 Å². The molecule has 8 heteroatoms. The van der Waals surface area contributed by atoms with Crippen molar-refractivity contribution < 1.29 is 9.18 Å². The zero-order chi connectivity index (χ0) is 20.4. The van der Waals surface area contributed by atoms with Gasteiger partial charge in [0.05, 0.1) is 10.8 Å². The number of amides is 1. The Morgan fingerprint density at radius 2 is 1.79 bits per heavy atom. The van der Waals surface area contributed by atoms with E-state index < -0.39 is 11.1 Å². The minimum absolute atomic E-state index is 0.193. The standard InChI is InChI=1S/C21H18FN5OS/c1-13(20(28)24-18-12-6-8-14-7-2-3-9-15(14)18)29-21-26-25-19(27(21)23)16-10-4-5-11-17(16)22/h2-13H,23H2,1H3,(H,24,28)/t13-/m0/s1. The molecule has 146 valence electrons. The van der Waals surface area contributed by atoms with Gasteiger partial charge in [-0.25, -0.2) is 9.07 Å². The van der Waals surface area contributed by atoms with Crippen molar-refractivity contribution >= 4 is 34.1 Å². The molecule has 0 bridgehead atoms. The van der Waals surface area contributed by atoms with Crippen LogP contribution < -0.4 is 11.2 Å². The van der Waals surface area contributed by atoms with Crippen LogP contribution in [0.5, 0.6) is 0 Å². The first-order valence-electron chi connectivity index (χ1n) is 8.95. The Bertz CT molecular complexity index is 1190. The number of aromatic nitrogens is 3. The highest BCUT2D eigenvalue weighted by Gasteiger charge is 2.21. The van der Waals surface area contributed by atoms with Crippen LogP contribution in [0.15, 0.2) is 71.9 Å². The quantitative estimate of drug-likeness (QED) is 0.385. The second-order valence-corrected chi connectivity index (χ2v) is 7.74. The molecule has 3 aromatic carbocycles. The molecule has 4 rings (SSSR count). The van der Waals surface area contributed by atoms with Crippen LogP contribution in [0.1, 0.15) is 6.92 Å². The lowest BCUT2D eigenvalue weighted by molar-refractivity contribution is -0.115. The number of nitrogens with one attached hydrogen (secondary N) is 1. The highest BCUT2D eigenvalue weighted by molar-refractivity contribution is 8.00. The molecule has 0 saturated heterocycles. The van der Waals surface area contributed by atoms with Gasteiger partial charge in [0.1, 0.15) is 5.82 Å². The van der Waals surface area contributed by atoms with E-state index in [0.29, 0.717) is 5.16 Å². The first-order chi connectivity index (χ1) is 14.0. The first-order valence-corrected chi connectivity index (χ1v) is 9.83. The van der Waals surface area contributed by atoms with Crippen molar-refractivity contribution in [1.29, 1.82) is 0 Å². The topological polar surface area (TPSA) is 85.8 Å². The van der Waals surface area contributed by atoms with Gasteiger partial charge in [-0.05, 0) is 30.5 Å². The summed E-state index contributed by atoms with van der Waals surface area (Å²) < 4.78 is 15.2. The average molecular weight is 407 g/mol. The van der Waals surface area contributed by atoms with Crippen LogP contribution in [0.4, 0.5) is 10.1 Å². The molecule has 1 amide bonds. The molecule has 1 atom stereocenters. The summed E-state index contributed by atoms with van der Waals surface area (Å²) in [5.41, 5.74) is 0.990. The third kappa shape index (κ3) is 3.79. The highest BCUT2D eigenvalue weighted by atomic mass is 32.2. The number of nitrogens with two attached hydrogens (primary N) is 1. The van der Waals surface area contributed by atoms with Crippen molar-refractivity contribution in [3.8, 4) is 11.4 Å². The molecule has 4 aromatic rings. The van der Waals surface area contributed by atoms with Crippen LogP contribution in [0.3, 0.4) is 0 Å². The van der Waals surface area contributed by atoms with E-state index >= 15 is 0 Å². The molecule has 6 nitrogen and oxygen atoms in total. The van der Waals surface area contributed by atoms with Crippen molar-refractivity contribution in [2.24, 2.45) is 0 Å². The lowest BCUT2D eigenvalue weighted by Crippen LogP contribution is -2.23. The van der Waals surface area contributed by atoms with Gasteiger partial charge in [-0.1, -0.05) is 60.3 Å². The van der Waals surface area contributed by atoms with Crippen LogP contribution >= 0.6 is 11.8 Å². The van der Waals surface area contributed by atoms with Crippen molar-refractivity contribution in [2.75, 3.05) is 11.2 Å². The van der Waals surface area contributed by atoms with Crippen LogP contribution in [-0.2, 0) is 4.79 Å². The number of benzene rings is 3. The minimum atomic E-state index is -0.492. The number of thioether (sulfide) groups is 1. The van der Waals surface area contributed by atoms with Crippen molar-refractivity contribution in [3.63, 3.8) is 0 Å². The van der Waals surface area contributed by atoms with Crippen molar-refractivity contribution in [1.82, 2.24) is 14.9 Å². The van der Waals surface area contributed by atoms with Gasteiger partial charge in [0.15, 0.2) is 5.82 Å². The zero-order valence-electron chi connectivity index (χ0n) is 15.5. The number of rotatable bonds is 5. The fourth-order valence-electron chi connectivity index (χ4n) is 2.96. The largest absolute Gasteiger partial charge is 0.335 e. The number of nitrogens with zero attached hydrogens (tertiary/aromatic N) is 3. The lowest BCUT2D eigenvalue weighted by atomic mass is 10.1. The molecule has 0 aliphatic carbocycles. The molecule has 29 heavy (non-hydrogen) atoms. The van der Waals surface area contributed by atoms with Gasteiger partial charge in [0, 0.05) is 11.1 Å². The maximum atomic E-state index is 14.0. The fourth-order valence-corrected chi connectivity index (χ4v) is 3.73. The van der Waals surface area contributed by atoms with Gasteiger partial charge in [-0.2, -0.15) is 0 Å². The van der Waals surface area contributed by atoms with Gasteiger partial charge in [-0.15, -0.1) is 10.2 Å². The van der Waals surface area contributed by atoms with Gasteiger partial charge < -0.3 is 11.2 Å². The Balaban J connectivity index is 1.52. The molecule has 1 aromatic heterocycles. The molecule has 0 spiro atoms. The second-order valence-electron chi connectivity index (χ2n) is 6.43. The number of anilines is 1. The smallest absolute Gasteiger partial charge is 0.237 e. The summed E-state index contributed by atoms with van der Waals surface area (Å²) in [6, 6.07) is 19.8. The van der Waals surface area contributed by atoms with E-state index in [1.165, 1.54) is 10.7 Å². The number of hydrogen-bond donors (Lipinski definition) is 2. The minimum Gasteiger partial charge on any atom is -0.335 e. The SMILES string of the molecule is C[C@H](Sc1nnc(-c2ccccc2F)n1N)C(=O)Nc1cccc2ccccc12. The van der Waals surface area contributed by atoms with Gasteiger partial charge in [-0.3, -0.25) is 4.79 Å². The molecule has 0 aliphatic heterocycles. The summed E-state index contributed by atoms with van der Waals surface area (Å²) in [6.07, 6.45) is 0. The molecular formula is C21H18FN5OS. The zero-order valence-corrected chi connectivity index (χ0v) is 16.4. The monoisotopic (exact) mass is 407 g/mol. The average Bonchev–Trinajstić information content (AvgIpc) is 3.08. The maximum absolute atomic E-state index is 14.0. The number of nitrogen functional groups attached to an aromatic ring is 1. The second kappa shape index (κ2) is 7.92. The van der Waals surface area contributed by atoms with E-state index in [2.05, 4.69) is 15.5 Å². The fraction of sp³-hybridized carbons (Fsp3) is 0.0952. The van der Waals surface area contributed by atoms with Gasteiger partial charge in [0.2, 0.25) is 11.1 Å². The number of halogens is 1. The molecule has 1 heterocycles. The predicted molar refractivity (Wildman–Crippen MR) is 113 cm³/mol. The predicted octanol–water partition coefficient (Wildman–Crippen LogP) is 4.07. The number of carbonyl (C=O) groups is 1. The molecule has 0 aliphatic rings. The normalized spacial score (nSPS) is 12.1. The van der Waals surface area contributed by atoms with E-state index in [1.54, 1.807) is 25.1 Å². The summed E-state index contributed by atoms with van der Waals surface area (Å²) >= 11 is 1.15. The van der Waals surface area contributed by atoms with E-state index in [-0.39, 0.29) is 17.3 Å². The van der Waals surface area contributed by atoms with E-state index in [1.807, 2.05) is 42.5 Å². The molecule has 0 radical (unpaired) electrons. The lowest BCUT2D eigenvalue weighted by Gasteiger charge is -2.13. The van der Waals surface area contributed by atoms with Crippen LogP contribution in [0.2, 0.25) is 0 Å². The van der Waals surface area contributed by atoms with E-state index in [4.69, 9.17) is 5.84 Å². The van der Waals surface area contributed by atoms with Gasteiger partial charge in [0.25, 0.3) is 0 Å². The Morgan fingerprint density at radius 1 is 1.07 bits per heavy atom. The Kier molecular flexibility index (Phi) is 5.18. The first kappa shape index (κ1) is 18.9. The van der Waals surface area contributed by atoms with Crippen molar-refractivity contribution in [2.45, 2.75) is 17.3 Å². The molecule has 0 unspecified atom stereocenters. The Labute approximate surface area is 170 Å². The van der Waals surface area contributed by atoms with Crippen molar-refractivity contribution in [3.05, 3.63) is 72.5 Å². The number of carbonyl (C=O) groups excluding carboxylic acids is 1. The summed E-state index contributed by atoms with van der Waals surface area (Å²) in [5, 5.41) is 12.8. The summed E-state index contributed by atoms with van der Waals surface area (Å²) in [4.78, 5) is 12.7. The third-order valence-corrected chi connectivity index (χ3v) is 5.54. The highest BCUT2D eigenvalue weighted by Crippen LogP contribution is 2.28. The Morgan fingerprint density at radius 3 is 2.62 bits per heavy atom. The Hall–Kier alpha value is -3.39. The van der Waals surface area contributed by atoms with Crippen LogP contribution in [0.25, 0.3) is 22.2 Å². The summed E-state index contributed by atoms with van der Waals surface area (Å²) in [5.74, 6) is 5.62. The maximum Gasteiger partial charge on any atom is 0.237 e. The molecule has 0 saturated carbocycles. The molecule has 0 fully saturated rings.